The molecule has 0 aliphatic heterocycles. The lowest BCUT2D eigenvalue weighted by Crippen LogP contribution is -1.99. The van der Waals surface area contributed by atoms with E-state index in [2.05, 4.69) is 5.10 Å². The van der Waals surface area contributed by atoms with E-state index in [0.29, 0.717) is 5.69 Å². The third-order valence-electron chi connectivity index (χ3n) is 3.21. The Morgan fingerprint density at radius 2 is 1.86 bits per heavy atom. The molecule has 0 saturated carbocycles. The fourth-order valence-electron chi connectivity index (χ4n) is 2.22. The van der Waals surface area contributed by atoms with Crippen LogP contribution in [-0.4, -0.2) is 9.78 Å². The lowest BCUT2D eigenvalue weighted by atomic mass is 10.1. The van der Waals surface area contributed by atoms with Crippen LogP contribution in [-0.2, 0) is 0 Å². The van der Waals surface area contributed by atoms with E-state index in [1.54, 1.807) is 22.9 Å². The van der Waals surface area contributed by atoms with Crippen molar-refractivity contribution in [2.24, 2.45) is 0 Å². The molecule has 0 bridgehead atoms. The molecule has 0 aliphatic rings. The van der Waals surface area contributed by atoms with Crippen molar-refractivity contribution < 1.29 is 4.39 Å². The number of benzene rings is 2. The standard InChI is InChI=1S/C17H12FN3/c1-12-3-2-4-16(9-12)21-17(10-15(11-19)20-21)13-5-7-14(18)8-6-13/h2-10H,1H3. The van der Waals surface area contributed by atoms with Crippen molar-refractivity contribution in [1.29, 1.82) is 5.26 Å². The van der Waals surface area contributed by atoms with Crippen LogP contribution in [0.1, 0.15) is 11.3 Å². The Kier molecular flexibility index (Phi) is 3.25. The highest BCUT2D eigenvalue weighted by atomic mass is 19.1. The van der Waals surface area contributed by atoms with Gasteiger partial charge in [0, 0.05) is 11.6 Å². The van der Waals surface area contributed by atoms with Gasteiger partial charge in [-0.05, 0) is 48.9 Å². The largest absolute Gasteiger partial charge is 0.232 e. The van der Waals surface area contributed by atoms with Gasteiger partial charge in [0.05, 0.1) is 11.4 Å². The number of nitrogens with zero attached hydrogens (tertiary/aromatic N) is 3. The summed E-state index contributed by atoms with van der Waals surface area (Å²) < 4.78 is 14.8. The van der Waals surface area contributed by atoms with E-state index in [-0.39, 0.29) is 5.82 Å². The summed E-state index contributed by atoms with van der Waals surface area (Å²) in [5, 5.41) is 13.4. The molecule has 0 fully saturated rings. The summed E-state index contributed by atoms with van der Waals surface area (Å²) in [5.74, 6) is -0.291. The lowest BCUT2D eigenvalue weighted by Gasteiger charge is -2.08. The summed E-state index contributed by atoms with van der Waals surface area (Å²) in [6.45, 7) is 2.00. The molecule has 1 aromatic heterocycles. The first-order chi connectivity index (χ1) is 10.2. The van der Waals surface area contributed by atoms with Gasteiger partial charge in [0.25, 0.3) is 0 Å². The summed E-state index contributed by atoms with van der Waals surface area (Å²) >= 11 is 0. The van der Waals surface area contributed by atoms with Crippen LogP contribution in [0.5, 0.6) is 0 Å². The van der Waals surface area contributed by atoms with Crippen molar-refractivity contribution in [1.82, 2.24) is 9.78 Å². The number of rotatable bonds is 2. The summed E-state index contributed by atoms with van der Waals surface area (Å²) in [4.78, 5) is 0. The Balaban J connectivity index is 2.19. The Morgan fingerprint density at radius 3 is 2.52 bits per heavy atom. The van der Waals surface area contributed by atoms with Crippen LogP contribution in [0.15, 0.2) is 54.6 Å². The predicted octanol–water partition coefficient (Wildman–Crippen LogP) is 3.86. The zero-order valence-electron chi connectivity index (χ0n) is 11.4. The zero-order chi connectivity index (χ0) is 14.8. The Hall–Kier alpha value is -2.93. The second kappa shape index (κ2) is 5.22. The topological polar surface area (TPSA) is 41.6 Å². The highest BCUT2D eigenvalue weighted by Crippen LogP contribution is 2.24. The van der Waals surface area contributed by atoms with Gasteiger partial charge in [0.2, 0.25) is 0 Å². The molecular weight excluding hydrogens is 265 g/mol. The number of hydrogen-bond acceptors (Lipinski definition) is 2. The van der Waals surface area contributed by atoms with Crippen LogP contribution < -0.4 is 0 Å². The minimum Gasteiger partial charge on any atom is -0.232 e. The molecule has 0 amide bonds. The monoisotopic (exact) mass is 277 g/mol. The van der Waals surface area contributed by atoms with E-state index >= 15 is 0 Å². The van der Waals surface area contributed by atoms with Gasteiger partial charge in [-0.2, -0.15) is 10.4 Å². The SMILES string of the molecule is Cc1cccc(-n2nc(C#N)cc2-c2ccc(F)cc2)c1. The molecule has 1 heterocycles. The van der Waals surface area contributed by atoms with E-state index < -0.39 is 0 Å². The van der Waals surface area contributed by atoms with Gasteiger partial charge in [0.1, 0.15) is 11.9 Å². The fraction of sp³-hybridized carbons (Fsp3) is 0.0588. The molecule has 0 unspecified atom stereocenters. The van der Waals surface area contributed by atoms with Crippen molar-refractivity contribution in [3.8, 4) is 23.0 Å². The quantitative estimate of drug-likeness (QED) is 0.713. The first-order valence-corrected chi connectivity index (χ1v) is 6.50. The zero-order valence-corrected chi connectivity index (χ0v) is 11.4. The van der Waals surface area contributed by atoms with Crippen LogP contribution in [0.25, 0.3) is 16.9 Å². The van der Waals surface area contributed by atoms with Gasteiger partial charge in [-0.1, -0.05) is 12.1 Å². The third-order valence-corrected chi connectivity index (χ3v) is 3.21. The maximum Gasteiger partial charge on any atom is 0.163 e. The van der Waals surface area contributed by atoms with Crippen LogP contribution in [0, 0.1) is 24.1 Å². The van der Waals surface area contributed by atoms with Crippen LogP contribution in [0.4, 0.5) is 4.39 Å². The normalized spacial score (nSPS) is 10.3. The maximum atomic E-state index is 13.1. The van der Waals surface area contributed by atoms with E-state index in [0.717, 1.165) is 22.5 Å². The van der Waals surface area contributed by atoms with Crippen LogP contribution in [0.2, 0.25) is 0 Å². The van der Waals surface area contributed by atoms with Gasteiger partial charge < -0.3 is 0 Å². The molecule has 0 aliphatic carbocycles. The van der Waals surface area contributed by atoms with E-state index in [1.165, 1.54) is 12.1 Å². The molecule has 0 atom stereocenters. The molecule has 3 nitrogen and oxygen atoms in total. The van der Waals surface area contributed by atoms with Gasteiger partial charge in [-0.15, -0.1) is 0 Å². The summed E-state index contributed by atoms with van der Waals surface area (Å²) in [5.41, 5.74) is 3.88. The molecule has 0 spiro atoms. The lowest BCUT2D eigenvalue weighted by molar-refractivity contribution is 0.628. The van der Waals surface area contributed by atoms with Gasteiger partial charge in [-0.25, -0.2) is 9.07 Å². The molecule has 3 rings (SSSR count). The van der Waals surface area contributed by atoms with Crippen molar-refractivity contribution in [3.05, 3.63) is 71.7 Å². The second-order valence-corrected chi connectivity index (χ2v) is 4.78. The number of halogens is 1. The number of hydrogen-bond donors (Lipinski definition) is 0. The first kappa shape index (κ1) is 13.1. The first-order valence-electron chi connectivity index (χ1n) is 6.50. The summed E-state index contributed by atoms with van der Waals surface area (Å²) in [7, 11) is 0. The molecule has 3 aromatic rings. The van der Waals surface area contributed by atoms with Gasteiger partial charge >= 0.3 is 0 Å². The smallest absolute Gasteiger partial charge is 0.163 e. The number of aromatic nitrogens is 2. The van der Waals surface area contributed by atoms with Gasteiger partial charge in [0.15, 0.2) is 5.69 Å². The third kappa shape index (κ3) is 2.54. The minimum absolute atomic E-state index is 0.291. The molecule has 0 N–H and O–H groups in total. The van der Waals surface area contributed by atoms with E-state index in [1.807, 2.05) is 37.3 Å². The average Bonchev–Trinajstić information content (AvgIpc) is 2.92. The Labute approximate surface area is 121 Å². The number of aryl methyl sites for hydroxylation is 1. The van der Waals surface area contributed by atoms with Crippen LogP contribution >= 0.6 is 0 Å². The Bertz CT molecular complexity index is 826. The van der Waals surface area contributed by atoms with E-state index in [9.17, 15) is 4.39 Å². The average molecular weight is 277 g/mol. The van der Waals surface area contributed by atoms with Crippen molar-refractivity contribution >= 4 is 0 Å². The second-order valence-electron chi connectivity index (χ2n) is 4.78. The molecule has 0 radical (unpaired) electrons. The van der Waals surface area contributed by atoms with Crippen LogP contribution in [0.3, 0.4) is 0 Å². The van der Waals surface area contributed by atoms with Gasteiger partial charge in [-0.3, -0.25) is 0 Å². The molecule has 0 saturated heterocycles. The predicted molar refractivity (Wildman–Crippen MR) is 78.4 cm³/mol. The summed E-state index contributed by atoms with van der Waals surface area (Å²) in [6.07, 6.45) is 0. The van der Waals surface area contributed by atoms with Crippen molar-refractivity contribution in [2.45, 2.75) is 6.92 Å². The molecule has 102 valence electrons. The molecular formula is C17H12FN3. The maximum absolute atomic E-state index is 13.1. The number of nitriles is 1. The Morgan fingerprint density at radius 1 is 1.10 bits per heavy atom. The van der Waals surface area contributed by atoms with Crippen molar-refractivity contribution in [2.75, 3.05) is 0 Å². The summed E-state index contributed by atoms with van der Waals surface area (Å²) in [6, 6.07) is 17.8. The van der Waals surface area contributed by atoms with E-state index in [4.69, 9.17) is 5.26 Å². The molecule has 2 aromatic carbocycles. The minimum atomic E-state index is -0.291. The highest BCUT2D eigenvalue weighted by molar-refractivity contribution is 5.63. The molecule has 21 heavy (non-hydrogen) atoms. The fourth-order valence-corrected chi connectivity index (χ4v) is 2.22. The highest BCUT2D eigenvalue weighted by Gasteiger charge is 2.11. The van der Waals surface area contributed by atoms with Crippen molar-refractivity contribution in [3.63, 3.8) is 0 Å². The molecule has 4 heteroatoms.